The van der Waals surface area contributed by atoms with Crippen molar-refractivity contribution in [3.05, 3.63) is 52.8 Å². The van der Waals surface area contributed by atoms with Gasteiger partial charge in [0.05, 0.1) is 29.2 Å². The molecule has 1 heterocycles. The quantitative estimate of drug-likeness (QED) is 0.901. The summed E-state index contributed by atoms with van der Waals surface area (Å²) in [6, 6.07) is 5.17. The molecule has 0 aliphatic carbocycles. The maximum Gasteiger partial charge on any atom is 0.416 e. The zero-order valence-corrected chi connectivity index (χ0v) is 13.0. The first-order valence-corrected chi connectivity index (χ1v) is 7.26. The van der Waals surface area contributed by atoms with E-state index in [1.165, 1.54) is 29.1 Å². The Morgan fingerprint density at radius 2 is 2.09 bits per heavy atom. The number of halogens is 4. The summed E-state index contributed by atoms with van der Waals surface area (Å²) in [6.07, 6.45) is -1.42. The van der Waals surface area contributed by atoms with Crippen molar-refractivity contribution in [2.75, 3.05) is 0 Å². The second-order valence-electron chi connectivity index (χ2n) is 5.15. The highest BCUT2D eigenvalue weighted by atomic mass is 35.5. The standard InChI is InChI=1S/C15H15ClF3N3O/c1-10(8-22-9-12(16)7-21-22)14(23)20-6-11-4-2-3-5-13(11)15(17,18)19/h2-5,7,9-10H,6,8H2,1H3,(H,20,23). The maximum absolute atomic E-state index is 12.9. The van der Waals surface area contributed by atoms with E-state index in [-0.39, 0.29) is 18.0 Å². The monoisotopic (exact) mass is 345 g/mol. The van der Waals surface area contributed by atoms with E-state index >= 15 is 0 Å². The molecule has 0 saturated carbocycles. The average molecular weight is 346 g/mol. The predicted molar refractivity (Wildman–Crippen MR) is 79.7 cm³/mol. The highest BCUT2D eigenvalue weighted by Crippen LogP contribution is 2.31. The normalized spacial score (nSPS) is 12.9. The van der Waals surface area contributed by atoms with Gasteiger partial charge in [0.15, 0.2) is 0 Å². The van der Waals surface area contributed by atoms with Crippen molar-refractivity contribution in [1.82, 2.24) is 15.1 Å². The molecule has 0 bridgehead atoms. The van der Waals surface area contributed by atoms with E-state index in [1.807, 2.05) is 0 Å². The fourth-order valence-corrected chi connectivity index (χ4v) is 2.27. The molecule has 4 nitrogen and oxygen atoms in total. The minimum absolute atomic E-state index is 0.0303. The highest BCUT2D eigenvalue weighted by Gasteiger charge is 2.32. The van der Waals surface area contributed by atoms with Gasteiger partial charge in [0.2, 0.25) is 5.91 Å². The molecule has 1 N–H and O–H groups in total. The largest absolute Gasteiger partial charge is 0.416 e. The molecule has 1 aromatic heterocycles. The van der Waals surface area contributed by atoms with Gasteiger partial charge in [-0.05, 0) is 11.6 Å². The van der Waals surface area contributed by atoms with Crippen LogP contribution in [0.5, 0.6) is 0 Å². The molecule has 0 fully saturated rings. The van der Waals surface area contributed by atoms with Crippen molar-refractivity contribution < 1.29 is 18.0 Å². The van der Waals surface area contributed by atoms with Gasteiger partial charge in [0.25, 0.3) is 0 Å². The lowest BCUT2D eigenvalue weighted by molar-refractivity contribution is -0.138. The first-order chi connectivity index (χ1) is 10.8. The minimum atomic E-state index is -4.45. The fourth-order valence-electron chi connectivity index (χ4n) is 2.11. The molecule has 2 rings (SSSR count). The van der Waals surface area contributed by atoms with Crippen LogP contribution in [0.2, 0.25) is 5.02 Å². The van der Waals surface area contributed by atoms with Crippen LogP contribution in [0.15, 0.2) is 36.7 Å². The summed E-state index contributed by atoms with van der Waals surface area (Å²) in [6.45, 7) is 1.78. The van der Waals surface area contributed by atoms with Gasteiger partial charge in [-0.3, -0.25) is 9.48 Å². The molecule has 0 spiro atoms. The number of aromatic nitrogens is 2. The van der Waals surface area contributed by atoms with Crippen LogP contribution in [0.3, 0.4) is 0 Å². The zero-order chi connectivity index (χ0) is 17.0. The molecule has 1 unspecified atom stereocenters. The van der Waals surface area contributed by atoms with Crippen LogP contribution in [0.25, 0.3) is 0 Å². The number of carbonyl (C=O) groups is 1. The highest BCUT2D eigenvalue weighted by molar-refractivity contribution is 6.30. The van der Waals surface area contributed by atoms with E-state index in [4.69, 9.17) is 11.6 Å². The van der Waals surface area contributed by atoms with Crippen LogP contribution in [0.1, 0.15) is 18.1 Å². The summed E-state index contributed by atoms with van der Waals surface area (Å²) in [4.78, 5) is 12.0. The Balaban J connectivity index is 1.97. The molecule has 2 aromatic rings. The SMILES string of the molecule is CC(Cn1cc(Cl)cn1)C(=O)NCc1ccccc1C(F)(F)F. The molecule has 124 valence electrons. The molecular weight excluding hydrogens is 331 g/mol. The number of nitrogens with one attached hydrogen (secondary N) is 1. The molecule has 1 amide bonds. The third kappa shape index (κ3) is 4.72. The van der Waals surface area contributed by atoms with Crippen molar-refractivity contribution in [2.24, 2.45) is 5.92 Å². The first-order valence-electron chi connectivity index (χ1n) is 6.88. The Morgan fingerprint density at radius 3 is 2.70 bits per heavy atom. The third-order valence-electron chi connectivity index (χ3n) is 3.29. The van der Waals surface area contributed by atoms with Crippen LogP contribution in [0, 0.1) is 5.92 Å². The Labute approximate surface area is 136 Å². The molecule has 0 aliphatic rings. The van der Waals surface area contributed by atoms with Crippen molar-refractivity contribution in [3.8, 4) is 0 Å². The van der Waals surface area contributed by atoms with Crippen molar-refractivity contribution >= 4 is 17.5 Å². The fraction of sp³-hybridized carbons (Fsp3) is 0.333. The molecule has 0 saturated heterocycles. The zero-order valence-electron chi connectivity index (χ0n) is 12.3. The molecular formula is C15H15ClF3N3O. The van der Waals surface area contributed by atoms with Crippen LogP contribution < -0.4 is 5.32 Å². The predicted octanol–water partition coefficient (Wildman–Crippen LogP) is 3.51. The second kappa shape index (κ2) is 7.04. The summed E-state index contributed by atoms with van der Waals surface area (Å²) >= 11 is 5.73. The lowest BCUT2D eigenvalue weighted by Crippen LogP contribution is -2.31. The van der Waals surface area contributed by atoms with Crippen LogP contribution in [-0.2, 0) is 24.1 Å². The molecule has 1 aromatic carbocycles. The Kier molecular flexibility index (Phi) is 5.30. The van der Waals surface area contributed by atoms with Crippen molar-refractivity contribution in [2.45, 2.75) is 26.2 Å². The lowest BCUT2D eigenvalue weighted by Gasteiger charge is -2.15. The lowest BCUT2D eigenvalue weighted by atomic mass is 10.1. The Bertz CT molecular complexity index is 685. The van der Waals surface area contributed by atoms with Gasteiger partial charge in [-0.25, -0.2) is 0 Å². The van der Waals surface area contributed by atoms with E-state index in [0.717, 1.165) is 6.07 Å². The summed E-state index contributed by atoms with van der Waals surface area (Å²) in [5.41, 5.74) is -0.713. The van der Waals surface area contributed by atoms with Gasteiger partial charge in [-0.2, -0.15) is 18.3 Å². The topological polar surface area (TPSA) is 46.9 Å². The minimum Gasteiger partial charge on any atom is -0.352 e. The number of carbonyl (C=O) groups excluding carboxylic acids is 1. The number of hydrogen-bond acceptors (Lipinski definition) is 2. The Hall–Kier alpha value is -2.02. The van der Waals surface area contributed by atoms with Gasteiger partial charge in [0, 0.05) is 12.7 Å². The summed E-state index contributed by atoms with van der Waals surface area (Å²) in [5.74, 6) is -0.808. The van der Waals surface area contributed by atoms with Gasteiger partial charge >= 0.3 is 6.18 Å². The van der Waals surface area contributed by atoms with E-state index in [1.54, 1.807) is 13.1 Å². The number of rotatable bonds is 5. The van der Waals surface area contributed by atoms with Crippen LogP contribution in [-0.4, -0.2) is 15.7 Å². The van der Waals surface area contributed by atoms with Gasteiger partial charge < -0.3 is 5.32 Å². The third-order valence-corrected chi connectivity index (χ3v) is 3.48. The van der Waals surface area contributed by atoms with Crippen LogP contribution >= 0.6 is 11.6 Å². The maximum atomic E-state index is 12.9. The number of hydrogen-bond donors (Lipinski definition) is 1. The van der Waals surface area contributed by atoms with E-state index in [0.29, 0.717) is 11.6 Å². The summed E-state index contributed by atoms with van der Waals surface area (Å²) < 4.78 is 40.2. The van der Waals surface area contributed by atoms with Gasteiger partial charge in [0.1, 0.15) is 0 Å². The summed E-state index contributed by atoms with van der Waals surface area (Å²) in [7, 11) is 0. The van der Waals surface area contributed by atoms with Gasteiger partial charge in [-0.1, -0.05) is 36.7 Å². The van der Waals surface area contributed by atoms with Gasteiger partial charge in [-0.15, -0.1) is 0 Å². The van der Waals surface area contributed by atoms with E-state index in [9.17, 15) is 18.0 Å². The molecule has 1 atom stereocenters. The number of benzene rings is 1. The summed E-state index contributed by atoms with van der Waals surface area (Å²) in [5, 5.41) is 6.94. The number of amides is 1. The van der Waals surface area contributed by atoms with E-state index < -0.39 is 17.7 Å². The molecule has 0 aliphatic heterocycles. The Morgan fingerprint density at radius 1 is 1.39 bits per heavy atom. The molecule has 8 heteroatoms. The average Bonchev–Trinajstić information content (AvgIpc) is 2.89. The number of alkyl halides is 3. The van der Waals surface area contributed by atoms with Crippen LogP contribution in [0.4, 0.5) is 13.2 Å². The van der Waals surface area contributed by atoms with E-state index in [2.05, 4.69) is 10.4 Å². The first kappa shape index (κ1) is 17.3. The molecule has 23 heavy (non-hydrogen) atoms. The second-order valence-corrected chi connectivity index (χ2v) is 5.59. The smallest absolute Gasteiger partial charge is 0.352 e. The molecule has 0 radical (unpaired) electrons. The number of nitrogens with zero attached hydrogens (tertiary/aromatic N) is 2. The van der Waals surface area contributed by atoms with Crippen molar-refractivity contribution in [3.63, 3.8) is 0 Å². The van der Waals surface area contributed by atoms with Crippen molar-refractivity contribution in [1.29, 1.82) is 0 Å².